The molecule has 0 aliphatic carbocycles. The van der Waals surface area contributed by atoms with Gasteiger partial charge in [-0.05, 0) is 32.0 Å². The average Bonchev–Trinajstić information content (AvgIpc) is 3.64. The molecule has 12 nitrogen and oxygen atoms in total. The molecule has 1 atom stereocenters. The molecule has 2 fully saturated rings. The van der Waals surface area contributed by atoms with Gasteiger partial charge in [0.1, 0.15) is 17.5 Å². The Bertz CT molecular complexity index is 1600. The molecule has 0 amide bonds. The van der Waals surface area contributed by atoms with E-state index in [2.05, 4.69) is 46.3 Å². The van der Waals surface area contributed by atoms with Gasteiger partial charge in [0, 0.05) is 62.1 Å². The maximum Gasteiger partial charge on any atom is 0.451 e. The Balaban J connectivity index is 1.11. The lowest BCUT2D eigenvalue weighted by Crippen LogP contribution is -2.66. The Morgan fingerprint density at radius 1 is 1.24 bits per heavy atom. The van der Waals surface area contributed by atoms with E-state index in [9.17, 15) is 23.5 Å². The Kier molecular flexibility index (Phi) is 7.39. The summed E-state index contributed by atoms with van der Waals surface area (Å²) in [4.78, 5) is 23.1. The number of rotatable bonds is 8. The third kappa shape index (κ3) is 5.22. The van der Waals surface area contributed by atoms with Crippen molar-refractivity contribution in [2.24, 2.45) is 0 Å². The number of aliphatic hydroxyl groups is 1. The van der Waals surface area contributed by atoms with Gasteiger partial charge < -0.3 is 15.4 Å². The first-order valence-electron chi connectivity index (χ1n) is 13.7. The molecular formula is C27H30F3N11O. The van der Waals surface area contributed by atoms with Crippen molar-refractivity contribution in [3.8, 4) is 17.3 Å². The Morgan fingerprint density at radius 3 is 2.74 bits per heavy atom. The molecule has 2 aliphatic rings. The van der Waals surface area contributed by atoms with Gasteiger partial charge in [-0.2, -0.15) is 23.5 Å². The van der Waals surface area contributed by atoms with E-state index in [4.69, 9.17) is 0 Å². The van der Waals surface area contributed by atoms with Crippen LogP contribution in [0.15, 0.2) is 37.1 Å². The number of aliphatic hydroxyl groups excluding tert-OH is 1. The molecule has 6 heterocycles. The van der Waals surface area contributed by atoms with Crippen LogP contribution in [0.4, 0.5) is 13.2 Å². The summed E-state index contributed by atoms with van der Waals surface area (Å²) < 4.78 is 42.0. The van der Waals surface area contributed by atoms with E-state index in [0.717, 1.165) is 35.1 Å². The summed E-state index contributed by atoms with van der Waals surface area (Å²) in [5.41, 5.74) is 1.99. The molecule has 0 saturated carbocycles. The lowest BCUT2D eigenvalue weighted by molar-refractivity contribution is -0.145. The van der Waals surface area contributed by atoms with Gasteiger partial charge in [-0.3, -0.25) is 14.5 Å². The Hall–Kier alpha value is -3.97. The number of likely N-dealkylation sites (tertiary alicyclic amines) is 2. The fourth-order valence-corrected chi connectivity index (χ4v) is 5.99. The second-order valence-corrected chi connectivity index (χ2v) is 10.9. The zero-order valence-corrected chi connectivity index (χ0v) is 22.9. The molecule has 2 aliphatic heterocycles. The molecule has 42 heavy (non-hydrogen) atoms. The van der Waals surface area contributed by atoms with Crippen molar-refractivity contribution < 1.29 is 18.3 Å². The van der Waals surface area contributed by atoms with Crippen molar-refractivity contribution >= 4 is 11.0 Å². The van der Waals surface area contributed by atoms with Gasteiger partial charge in [0.05, 0.1) is 35.8 Å². The molecule has 0 spiro atoms. The van der Waals surface area contributed by atoms with Crippen LogP contribution in [0.5, 0.6) is 0 Å². The van der Waals surface area contributed by atoms with Crippen molar-refractivity contribution in [2.75, 3.05) is 33.2 Å². The number of halogens is 3. The van der Waals surface area contributed by atoms with Crippen molar-refractivity contribution in [2.45, 2.75) is 49.8 Å². The Morgan fingerprint density at radius 2 is 2.02 bits per heavy atom. The summed E-state index contributed by atoms with van der Waals surface area (Å²) in [5, 5.41) is 28.9. The summed E-state index contributed by atoms with van der Waals surface area (Å²) in [6, 6.07) is 5.87. The molecule has 2 saturated heterocycles. The quantitative estimate of drug-likeness (QED) is 0.283. The molecule has 0 radical (unpaired) electrons. The predicted octanol–water partition coefficient (Wildman–Crippen LogP) is 2.43. The van der Waals surface area contributed by atoms with Crippen LogP contribution >= 0.6 is 0 Å². The normalized spacial score (nSPS) is 19.0. The van der Waals surface area contributed by atoms with E-state index in [0.29, 0.717) is 32.6 Å². The molecule has 4 aromatic heterocycles. The van der Waals surface area contributed by atoms with Crippen LogP contribution in [-0.2, 0) is 18.3 Å². The second kappa shape index (κ2) is 11.0. The number of piperidine rings is 1. The molecule has 3 N–H and O–H groups in total. The van der Waals surface area contributed by atoms with E-state index in [-0.39, 0.29) is 24.0 Å². The highest BCUT2D eigenvalue weighted by atomic mass is 19.4. The van der Waals surface area contributed by atoms with Gasteiger partial charge >= 0.3 is 6.18 Å². The monoisotopic (exact) mass is 581 g/mol. The van der Waals surface area contributed by atoms with Crippen LogP contribution in [0.25, 0.3) is 22.3 Å². The molecule has 220 valence electrons. The van der Waals surface area contributed by atoms with Crippen molar-refractivity contribution in [1.82, 2.24) is 49.8 Å². The Labute approximate surface area is 239 Å². The van der Waals surface area contributed by atoms with Crippen LogP contribution in [0.1, 0.15) is 42.7 Å². The number of nitriles is 1. The van der Waals surface area contributed by atoms with Crippen LogP contribution < -0.4 is 5.32 Å². The lowest BCUT2D eigenvalue weighted by atomic mass is 9.83. The number of nitrogens with zero attached hydrogens (tertiary/aromatic N) is 9. The minimum absolute atomic E-state index is 0.0619. The van der Waals surface area contributed by atoms with E-state index in [1.165, 1.54) is 12.4 Å². The number of fused-ring (bicyclic) bond motifs is 1. The smallest absolute Gasteiger partial charge is 0.372 e. The highest BCUT2D eigenvalue weighted by molar-refractivity contribution is 5.90. The average molecular weight is 582 g/mol. The number of hydrogen-bond acceptors (Lipinski definition) is 10. The molecule has 0 aromatic carbocycles. The first kappa shape index (κ1) is 28.2. The van der Waals surface area contributed by atoms with Crippen LogP contribution in [0.3, 0.4) is 0 Å². The highest BCUT2D eigenvalue weighted by Gasteiger charge is 2.48. The first-order chi connectivity index (χ1) is 20.2. The van der Waals surface area contributed by atoms with Crippen LogP contribution in [0, 0.1) is 11.3 Å². The lowest BCUT2D eigenvalue weighted by Gasteiger charge is -2.53. The molecular weight excluding hydrogens is 551 g/mol. The summed E-state index contributed by atoms with van der Waals surface area (Å²) >= 11 is 0. The fraction of sp³-hybridized carbons (Fsp3) is 0.481. The zero-order chi connectivity index (χ0) is 29.5. The second-order valence-electron chi connectivity index (χ2n) is 10.9. The number of nitrogens with one attached hydrogen (secondary N) is 2. The van der Waals surface area contributed by atoms with Crippen LogP contribution in [0.2, 0.25) is 0 Å². The number of aromatic nitrogens is 7. The van der Waals surface area contributed by atoms with Gasteiger partial charge in [-0.25, -0.2) is 19.9 Å². The molecule has 1 unspecified atom stereocenters. The van der Waals surface area contributed by atoms with Gasteiger partial charge in [0.25, 0.3) is 0 Å². The van der Waals surface area contributed by atoms with Crippen LogP contribution in [-0.4, -0.2) is 88.9 Å². The highest BCUT2D eigenvalue weighted by Crippen LogP contribution is 2.38. The number of alkyl halides is 3. The van der Waals surface area contributed by atoms with Crippen molar-refractivity contribution in [3.63, 3.8) is 0 Å². The summed E-state index contributed by atoms with van der Waals surface area (Å²) in [6.07, 6.45) is 2.77. The van der Waals surface area contributed by atoms with Gasteiger partial charge in [-0.15, -0.1) is 0 Å². The standard InChI is InChI=1S/C27H30F3N11O/c1-32-12-18-10-21(38-25(37-18)27(28,29)30)24(42)39-8-3-19(4-9-39)40-14-26(15-40,5-6-31)41-13-17(11-36-41)22-20-2-7-33-23(20)35-16-34-22/h2,7,10-11,13,16,19,24,32,42H,3-5,8-9,12,14-15H2,1H3,(H,33,34,35). The summed E-state index contributed by atoms with van der Waals surface area (Å²) in [5.74, 6) is -1.26. The van der Waals surface area contributed by atoms with Gasteiger partial charge in [0.15, 0.2) is 6.23 Å². The predicted molar refractivity (Wildman–Crippen MR) is 144 cm³/mol. The van der Waals surface area contributed by atoms with E-state index in [1.54, 1.807) is 18.1 Å². The maximum atomic E-state index is 13.4. The first-order valence-corrected chi connectivity index (χ1v) is 13.7. The summed E-state index contributed by atoms with van der Waals surface area (Å²) in [6.45, 7) is 2.40. The maximum absolute atomic E-state index is 13.4. The van der Waals surface area contributed by atoms with Gasteiger partial charge in [0.2, 0.25) is 5.82 Å². The van der Waals surface area contributed by atoms with E-state index < -0.39 is 23.8 Å². The molecule has 4 aromatic rings. The number of aromatic amines is 1. The third-order valence-corrected chi connectivity index (χ3v) is 8.14. The fourth-order valence-electron chi connectivity index (χ4n) is 5.99. The third-order valence-electron chi connectivity index (χ3n) is 8.14. The van der Waals surface area contributed by atoms with Crippen molar-refractivity contribution in [3.05, 3.63) is 54.3 Å². The van der Waals surface area contributed by atoms with Gasteiger partial charge in [-0.1, -0.05) is 0 Å². The minimum atomic E-state index is -4.71. The molecule has 0 bridgehead atoms. The largest absolute Gasteiger partial charge is 0.451 e. The van der Waals surface area contributed by atoms with E-state index >= 15 is 0 Å². The number of hydrogen-bond donors (Lipinski definition) is 3. The minimum Gasteiger partial charge on any atom is -0.372 e. The zero-order valence-electron chi connectivity index (χ0n) is 22.9. The number of H-pyrrole nitrogens is 1. The topological polar surface area (TPSA) is 148 Å². The SMILES string of the molecule is CNCc1cc(C(O)N2CCC(N3CC(CC#N)(n4cc(-c5ncnc6[nH]ccc56)cn4)C3)CC2)nc(C(F)(F)F)n1. The molecule has 15 heteroatoms. The van der Waals surface area contributed by atoms with Crippen molar-refractivity contribution in [1.29, 1.82) is 5.26 Å². The summed E-state index contributed by atoms with van der Waals surface area (Å²) in [7, 11) is 1.61. The molecule has 6 rings (SSSR count). The van der Waals surface area contributed by atoms with E-state index in [1.807, 2.05) is 23.1 Å².